The first-order valence-corrected chi connectivity index (χ1v) is 7.55. The lowest BCUT2D eigenvalue weighted by Crippen LogP contribution is -2.13. The first kappa shape index (κ1) is 13.7. The number of amides is 1. The minimum absolute atomic E-state index is 0.111. The Hall–Kier alpha value is -2.95. The van der Waals surface area contributed by atoms with Crippen LogP contribution in [0.5, 0.6) is 0 Å². The molecule has 2 N–H and O–H groups in total. The van der Waals surface area contributed by atoms with Gasteiger partial charge in [0.25, 0.3) is 5.56 Å². The molecule has 2 heterocycles. The van der Waals surface area contributed by atoms with Crippen LogP contribution in [0.3, 0.4) is 0 Å². The van der Waals surface area contributed by atoms with Gasteiger partial charge < -0.3 is 10.3 Å². The average Bonchev–Trinajstić information content (AvgIpc) is 3.02. The highest BCUT2D eigenvalue weighted by atomic mass is 16.1. The summed E-state index contributed by atoms with van der Waals surface area (Å²) < 4.78 is 0. The first-order valence-electron chi connectivity index (χ1n) is 7.55. The largest absolute Gasteiger partial charge is 0.355 e. The Kier molecular flexibility index (Phi) is 3.19. The van der Waals surface area contributed by atoms with Crippen molar-refractivity contribution in [2.24, 2.45) is 0 Å². The number of nitrogens with zero attached hydrogens (tertiary/aromatic N) is 1. The van der Waals surface area contributed by atoms with Gasteiger partial charge in [-0.15, -0.1) is 0 Å². The van der Waals surface area contributed by atoms with Crippen molar-refractivity contribution in [1.29, 1.82) is 0 Å². The van der Waals surface area contributed by atoms with Crippen molar-refractivity contribution >= 4 is 16.8 Å². The fourth-order valence-corrected chi connectivity index (χ4v) is 3.04. The third-order valence-electron chi connectivity index (χ3n) is 4.33. The first-order chi connectivity index (χ1) is 11.2. The quantitative estimate of drug-likeness (QED) is 0.762. The molecule has 0 spiro atoms. The molecule has 2 aromatic carbocycles. The lowest BCUT2D eigenvalue weighted by Gasteiger charge is -2.09. The van der Waals surface area contributed by atoms with E-state index in [-0.39, 0.29) is 17.4 Å². The second kappa shape index (κ2) is 5.35. The van der Waals surface area contributed by atoms with Crippen molar-refractivity contribution in [1.82, 2.24) is 15.3 Å². The van der Waals surface area contributed by atoms with E-state index >= 15 is 0 Å². The Morgan fingerprint density at radius 2 is 1.78 bits per heavy atom. The van der Waals surface area contributed by atoms with E-state index in [1.54, 1.807) is 0 Å². The van der Waals surface area contributed by atoms with Crippen molar-refractivity contribution in [2.75, 3.05) is 6.54 Å². The lowest BCUT2D eigenvalue weighted by atomic mass is 9.95. The predicted octanol–water partition coefficient (Wildman–Crippen LogP) is 2.19. The second-order valence-corrected chi connectivity index (χ2v) is 5.79. The third kappa shape index (κ3) is 2.50. The molecule has 1 amide bonds. The molecule has 0 aliphatic carbocycles. The number of hydrogen-bond acceptors (Lipinski definition) is 3. The van der Waals surface area contributed by atoms with Gasteiger partial charge in [0.05, 0.1) is 17.2 Å². The lowest BCUT2D eigenvalue weighted by molar-refractivity contribution is -0.119. The molecule has 1 unspecified atom stereocenters. The molecule has 1 aromatic heterocycles. The monoisotopic (exact) mass is 305 g/mol. The van der Waals surface area contributed by atoms with Gasteiger partial charge in [0, 0.05) is 18.9 Å². The summed E-state index contributed by atoms with van der Waals surface area (Å²) in [5.74, 6) is 0.362. The highest BCUT2D eigenvalue weighted by Crippen LogP contribution is 2.27. The van der Waals surface area contributed by atoms with Gasteiger partial charge in [0.1, 0.15) is 0 Å². The zero-order valence-corrected chi connectivity index (χ0v) is 12.4. The zero-order valence-electron chi connectivity index (χ0n) is 12.4. The topological polar surface area (TPSA) is 74.8 Å². The molecule has 5 heteroatoms. The van der Waals surface area contributed by atoms with Crippen LogP contribution in [0, 0.1) is 0 Å². The maximum Gasteiger partial charge on any atom is 0.258 e. The molecular weight excluding hydrogens is 290 g/mol. The van der Waals surface area contributed by atoms with Crippen LogP contribution >= 0.6 is 0 Å². The Labute approximate surface area is 132 Å². The number of rotatable bonds is 2. The normalized spacial score (nSPS) is 17.4. The highest BCUT2D eigenvalue weighted by molar-refractivity contribution is 5.83. The van der Waals surface area contributed by atoms with Gasteiger partial charge in [0.2, 0.25) is 5.91 Å². The summed E-state index contributed by atoms with van der Waals surface area (Å²) in [6.07, 6.45) is 1.96. The molecule has 4 rings (SSSR count). The number of nitrogens with one attached hydrogen (secondary N) is 2. The van der Waals surface area contributed by atoms with Crippen LogP contribution in [0.2, 0.25) is 0 Å². The molecular formula is C18H15N3O2. The highest BCUT2D eigenvalue weighted by Gasteiger charge is 2.22. The fraction of sp³-hybridized carbons (Fsp3) is 0.167. The van der Waals surface area contributed by atoms with Crippen LogP contribution in [-0.4, -0.2) is 22.4 Å². The van der Waals surface area contributed by atoms with Gasteiger partial charge in [-0.2, -0.15) is 0 Å². The van der Waals surface area contributed by atoms with E-state index in [4.69, 9.17) is 0 Å². The standard InChI is InChI=1S/C18H15N3O2/c22-17-8-14(9-19-17)12-3-1-11(2-4-12)13-5-6-16-15(7-13)18(23)21-10-20-16/h1-7,10,14H,8-9H2,(H,19,22)(H,20,21,23). The molecule has 0 saturated carbocycles. The van der Waals surface area contributed by atoms with Crippen LogP contribution in [0.25, 0.3) is 22.0 Å². The molecule has 3 aromatic rings. The van der Waals surface area contributed by atoms with Gasteiger partial charge in [-0.05, 0) is 28.8 Å². The van der Waals surface area contributed by atoms with E-state index in [0.717, 1.165) is 16.7 Å². The van der Waals surface area contributed by atoms with Crippen molar-refractivity contribution < 1.29 is 4.79 Å². The second-order valence-electron chi connectivity index (χ2n) is 5.79. The minimum Gasteiger partial charge on any atom is -0.355 e. The van der Waals surface area contributed by atoms with Gasteiger partial charge in [-0.3, -0.25) is 9.59 Å². The molecule has 1 saturated heterocycles. The van der Waals surface area contributed by atoms with E-state index in [0.29, 0.717) is 23.9 Å². The zero-order chi connectivity index (χ0) is 15.8. The molecule has 0 bridgehead atoms. The maximum atomic E-state index is 11.9. The number of fused-ring (bicyclic) bond motifs is 1. The summed E-state index contributed by atoms with van der Waals surface area (Å²) in [5, 5.41) is 3.44. The smallest absolute Gasteiger partial charge is 0.258 e. The molecule has 1 aliphatic heterocycles. The Balaban J connectivity index is 1.69. The average molecular weight is 305 g/mol. The summed E-state index contributed by atoms with van der Waals surface area (Å²) in [7, 11) is 0. The molecule has 114 valence electrons. The number of hydrogen-bond donors (Lipinski definition) is 2. The SMILES string of the molecule is O=C1CC(c2ccc(-c3ccc4nc[nH]c(=O)c4c3)cc2)CN1. The Morgan fingerprint density at radius 3 is 2.52 bits per heavy atom. The van der Waals surface area contributed by atoms with E-state index in [2.05, 4.69) is 27.4 Å². The summed E-state index contributed by atoms with van der Waals surface area (Å²) in [5.41, 5.74) is 3.72. The van der Waals surface area contributed by atoms with Crippen molar-refractivity contribution in [3.8, 4) is 11.1 Å². The van der Waals surface area contributed by atoms with Crippen molar-refractivity contribution in [2.45, 2.75) is 12.3 Å². The number of carbonyl (C=O) groups excluding carboxylic acids is 1. The Morgan fingerprint density at radius 1 is 1.00 bits per heavy atom. The van der Waals surface area contributed by atoms with Crippen LogP contribution in [0.4, 0.5) is 0 Å². The molecule has 5 nitrogen and oxygen atoms in total. The molecule has 1 aliphatic rings. The summed E-state index contributed by atoms with van der Waals surface area (Å²) in [6.45, 7) is 0.704. The number of benzene rings is 2. The van der Waals surface area contributed by atoms with Gasteiger partial charge in [-0.1, -0.05) is 30.3 Å². The van der Waals surface area contributed by atoms with Gasteiger partial charge in [0.15, 0.2) is 0 Å². The van der Waals surface area contributed by atoms with E-state index in [1.165, 1.54) is 6.33 Å². The number of carbonyl (C=O) groups is 1. The van der Waals surface area contributed by atoms with Crippen molar-refractivity contribution in [3.63, 3.8) is 0 Å². The van der Waals surface area contributed by atoms with E-state index in [1.807, 2.05) is 30.3 Å². The summed E-state index contributed by atoms with van der Waals surface area (Å²) >= 11 is 0. The minimum atomic E-state index is -0.135. The number of H-pyrrole nitrogens is 1. The van der Waals surface area contributed by atoms with E-state index in [9.17, 15) is 9.59 Å². The molecule has 1 fully saturated rings. The predicted molar refractivity (Wildman–Crippen MR) is 88.2 cm³/mol. The maximum absolute atomic E-state index is 11.9. The van der Waals surface area contributed by atoms with Crippen LogP contribution in [0.15, 0.2) is 53.6 Å². The van der Waals surface area contributed by atoms with Crippen LogP contribution in [0.1, 0.15) is 17.9 Å². The number of aromatic amines is 1. The van der Waals surface area contributed by atoms with Crippen LogP contribution in [-0.2, 0) is 4.79 Å². The third-order valence-corrected chi connectivity index (χ3v) is 4.33. The summed E-state index contributed by atoms with van der Waals surface area (Å²) in [4.78, 5) is 30.0. The van der Waals surface area contributed by atoms with Crippen molar-refractivity contribution in [3.05, 3.63) is 64.7 Å². The number of aromatic nitrogens is 2. The van der Waals surface area contributed by atoms with Gasteiger partial charge in [-0.25, -0.2) is 4.98 Å². The fourth-order valence-electron chi connectivity index (χ4n) is 3.04. The van der Waals surface area contributed by atoms with Gasteiger partial charge >= 0.3 is 0 Å². The Bertz CT molecular complexity index is 944. The van der Waals surface area contributed by atoms with E-state index < -0.39 is 0 Å². The van der Waals surface area contributed by atoms with Crippen LogP contribution < -0.4 is 10.9 Å². The molecule has 1 atom stereocenters. The molecule has 0 radical (unpaired) electrons. The molecule has 23 heavy (non-hydrogen) atoms. The summed E-state index contributed by atoms with van der Waals surface area (Å²) in [6, 6.07) is 13.8.